The van der Waals surface area contributed by atoms with E-state index < -0.39 is 0 Å². The molecular weight excluding hydrogens is 246 g/mol. The van der Waals surface area contributed by atoms with Crippen molar-refractivity contribution in [2.45, 2.75) is 97.3 Å². The molecule has 0 spiro atoms. The molecule has 2 aliphatic carbocycles. The summed E-state index contributed by atoms with van der Waals surface area (Å²) in [5, 5.41) is 3.74. The van der Waals surface area contributed by atoms with Crippen molar-refractivity contribution in [1.29, 1.82) is 0 Å². The maximum atomic E-state index is 6.44. The smallest absolute Gasteiger partial charge is 0.0734 e. The molecule has 0 aromatic rings. The lowest BCUT2D eigenvalue weighted by molar-refractivity contribution is -0.0962. The molecule has 0 saturated heterocycles. The number of ether oxygens (including phenoxy) is 1. The molecule has 0 radical (unpaired) electrons. The Morgan fingerprint density at radius 3 is 2.40 bits per heavy atom. The second-order valence-electron chi connectivity index (χ2n) is 7.64. The van der Waals surface area contributed by atoms with Crippen LogP contribution in [-0.4, -0.2) is 24.8 Å². The first-order chi connectivity index (χ1) is 9.56. The summed E-state index contributed by atoms with van der Waals surface area (Å²) in [6, 6.07) is 0.597. The van der Waals surface area contributed by atoms with E-state index >= 15 is 0 Å². The van der Waals surface area contributed by atoms with Crippen LogP contribution in [-0.2, 0) is 4.74 Å². The van der Waals surface area contributed by atoms with Crippen molar-refractivity contribution in [1.82, 2.24) is 5.32 Å². The SMILES string of the molecule is CCCNC1CCC(C(C)(C)CC)CC1OC1CCC1. The highest BCUT2D eigenvalue weighted by atomic mass is 16.5. The van der Waals surface area contributed by atoms with Crippen LogP contribution in [0.5, 0.6) is 0 Å². The van der Waals surface area contributed by atoms with E-state index in [1.807, 2.05) is 0 Å². The first-order valence-corrected chi connectivity index (χ1v) is 8.95. The average Bonchev–Trinajstić information content (AvgIpc) is 2.41. The van der Waals surface area contributed by atoms with Crippen LogP contribution in [0.1, 0.15) is 79.1 Å². The molecule has 0 heterocycles. The highest BCUT2D eigenvalue weighted by Crippen LogP contribution is 2.42. The Labute approximate surface area is 126 Å². The van der Waals surface area contributed by atoms with E-state index in [0.717, 1.165) is 12.5 Å². The van der Waals surface area contributed by atoms with Crippen LogP contribution in [0, 0.1) is 11.3 Å². The average molecular weight is 281 g/mol. The Morgan fingerprint density at radius 2 is 1.85 bits per heavy atom. The van der Waals surface area contributed by atoms with Gasteiger partial charge in [0, 0.05) is 6.04 Å². The Balaban J connectivity index is 1.94. The summed E-state index contributed by atoms with van der Waals surface area (Å²) in [6.45, 7) is 10.6. The van der Waals surface area contributed by atoms with Crippen LogP contribution in [0.2, 0.25) is 0 Å². The van der Waals surface area contributed by atoms with E-state index in [1.54, 1.807) is 0 Å². The van der Waals surface area contributed by atoms with Gasteiger partial charge in [0.15, 0.2) is 0 Å². The topological polar surface area (TPSA) is 21.3 Å². The van der Waals surface area contributed by atoms with Gasteiger partial charge in [0.1, 0.15) is 0 Å². The summed E-state index contributed by atoms with van der Waals surface area (Å²) in [5.41, 5.74) is 0.469. The summed E-state index contributed by atoms with van der Waals surface area (Å²) < 4.78 is 6.44. The van der Waals surface area contributed by atoms with Gasteiger partial charge < -0.3 is 10.1 Å². The van der Waals surface area contributed by atoms with Crippen LogP contribution >= 0.6 is 0 Å². The summed E-state index contributed by atoms with van der Waals surface area (Å²) in [6.07, 6.45) is 11.4. The molecule has 2 saturated carbocycles. The zero-order valence-electron chi connectivity index (χ0n) is 14.1. The van der Waals surface area contributed by atoms with Crippen molar-refractivity contribution in [2.75, 3.05) is 6.54 Å². The molecule has 2 rings (SSSR count). The van der Waals surface area contributed by atoms with Crippen LogP contribution in [0.25, 0.3) is 0 Å². The minimum Gasteiger partial charge on any atom is -0.373 e. The summed E-state index contributed by atoms with van der Waals surface area (Å²) >= 11 is 0. The van der Waals surface area contributed by atoms with Crippen LogP contribution in [0.3, 0.4) is 0 Å². The zero-order valence-corrected chi connectivity index (χ0v) is 14.1. The molecule has 3 unspecified atom stereocenters. The molecule has 2 heteroatoms. The molecule has 0 aliphatic heterocycles. The normalized spacial score (nSPS) is 32.1. The van der Waals surface area contributed by atoms with Gasteiger partial charge in [0.2, 0.25) is 0 Å². The second kappa shape index (κ2) is 7.26. The monoisotopic (exact) mass is 281 g/mol. The molecular formula is C18H35NO. The van der Waals surface area contributed by atoms with Crippen LogP contribution < -0.4 is 5.32 Å². The van der Waals surface area contributed by atoms with E-state index in [9.17, 15) is 0 Å². The predicted molar refractivity (Wildman–Crippen MR) is 86.0 cm³/mol. The van der Waals surface area contributed by atoms with Crippen LogP contribution in [0.4, 0.5) is 0 Å². The fraction of sp³-hybridized carbons (Fsp3) is 1.00. The second-order valence-corrected chi connectivity index (χ2v) is 7.64. The lowest BCUT2D eigenvalue weighted by Gasteiger charge is -2.45. The standard InChI is InChI=1S/C18H35NO/c1-5-12-19-16-11-10-14(18(3,4)6-2)13-17(16)20-15-8-7-9-15/h14-17,19H,5-13H2,1-4H3. The molecule has 0 amide bonds. The Morgan fingerprint density at radius 1 is 1.10 bits per heavy atom. The Hall–Kier alpha value is -0.0800. The molecule has 0 aromatic carbocycles. The third kappa shape index (κ3) is 3.98. The minimum atomic E-state index is 0.455. The van der Waals surface area contributed by atoms with Crippen molar-refractivity contribution in [3.63, 3.8) is 0 Å². The van der Waals surface area contributed by atoms with E-state index in [4.69, 9.17) is 4.74 Å². The maximum Gasteiger partial charge on any atom is 0.0734 e. The molecule has 2 nitrogen and oxygen atoms in total. The molecule has 118 valence electrons. The zero-order chi connectivity index (χ0) is 14.6. The first kappa shape index (κ1) is 16.3. The van der Waals surface area contributed by atoms with E-state index in [2.05, 4.69) is 33.0 Å². The number of hydrogen-bond acceptors (Lipinski definition) is 2. The molecule has 2 aliphatic rings. The quantitative estimate of drug-likeness (QED) is 0.740. The van der Waals surface area contributed by atoms with Gasteiger partial charge in [-0.3, -0.25) is 0 Å². The highest BCUT2D eigenvalue weighted by molar-refractivity contribution is 4.92. The van der Waals surface area contributed by atoms with Crippen molar-refractivity contribution in [2.24, 2.45) is 11.3 Å². The van der Waals surface area contributed by atoms with Crippen LogP contribution in [0.15, 0.2) is 0 Å². The fourth-order valence-corrected chi connectivity index (χ4v) is 3.60. The molecule has 1 N–H and O–H groups in total. The van der Waals surface area contributed by atoms with Gasteiger partial charge in [0.25, 0.3) is 0 Å². The van der Waals surface area contributed by atoms with Crippen molar-refractivity contribution < 1.29 is 4.74 Å². The lowest BCUT2D eigenvalue weighted by atomic mass is 9.68. The Bertz CT molecular complexity index is 285. The predicted octanol–water partition coefficient (Wildman–Crippen LogP) is 4.53. The molecule has 3 atom stereocenters. The third-order valence-corrected chi connectivity index (χ3v) is 5.88. The molecule has 0 aromatic heterocycles. The van der Waals surface area contributed by atoms with Gasteiger partial charge in [-0.25, -0.2) is 0 Å². The van der Waals surface area contributed by atoms with E-state index in [-0.39, 0.29) is 0 Å². The first-order valence-electron chi connectivity index (χ1n) is 8.95. The molecule has 2 fully saturated rings. The van der Waals surface area contributed by atoms with Crippen molar-refractivity contribution in [3.8, 4) is 0 Å². The largest absolute Gasteiger partial charge is 0.373 e. The van der Waals surface area contributed by atoms with Gasteiger partial charge in [0.05, 0.1) is 12.2 Å². The summed E-state index contributed by atoms with van der Waals surface area (Å²) in [4.78, 5) is 0. The van der Waals surface area contributed by atoms with Gasteiger partial charge in [-0.2, -0.15) is 0 Å². The third-order valence-electron chi connectivity index (χ3n) is 5.88. The fourth-order valence-electron chi connectivity index (χ4n) is 3.60. The molecule has 0 bridgehead atoms. The number of nitrogens with one attached hydrogen (secondary N) is 1. The van der Waals surface area contributed by atoms with Gasteiger partial charge in [-0.1, -0.05) is 34.1 Å². The number of hydrogen-bond donors (Lipinski definition) is 1. The maximum absolute atomic E-state index is 6.44. The van der Waals surface area contributed by atoms with Gasteiger partial charge in [-0.15, -0.1) is 0 Å². The highest BCUT2D eigenvalue weighted by Gasteiger charge is 2.39. The van der Waals surface area contributed by atoms with E-state index in [1.165, 1.54) is 51.4 Å². The van der Waals surface area contributed by atoms with Crippen molar-refractivity contribution >= 4 is 0 Å². The minimum absolute atomic E-state index is 0.455. The van der Waals surface area contributed by atoms with Crippen molar-refractivity contribution in [3.05, 3.63) is 0 Å². The van der Waals surface area contributed by atoms with Gasteiger partial charge >= 0.3 is 0 Å². The Kier molecular flexibility index (Phi) is 5.92. The number of rotatable bonds is 7. The van der Waals surface area contributed by atoms with E-state index in [0.29, 0.717) is 23.7 Å². The lowest BCUT2D eigenvalue weighted by Crippen LogP contribution is -2.49. The summed E-state index contributed by atoms with van der Waals surface area (Å²) in [5.74, 6) is 0.831. The van der Waals surface area contributed by atoms with Gasteiger partial charge in [-0.05, 0) is 62.8 Å². The molecule has 20 heavy (non-hydrogen) atoms. The summed E-state index contributed by atoms with van der Waals surface area (Å²) in [7, 11) is 0.